The Kier molecular flexibility index (Phi) is 7.86. The lowest BCUT2D eigenvalue weighted by atomic mass is 10.1. The quantitative estimate of drug-likeness (QED) is 0.799. The molecule has 0 aliphatic carbocycles. The largest absolute Gasteiger partial charge is 0.360 e. The molecular formula is C15H27ClN4O4S. The van der Waals surface area contributed by atoms with E-state index in [1.165, 1.54) is 4.31 Å². The molecule has 2 heterocycles. The SMILES string of the molecule is CCCC(N)C(=O)N1CCCN(S(=O)(=O)c2c(C)noc2C)CC1.Cl. The van der Waals surface area contributed by atoms with Gasteiger partial charge in [0.05, 0.1) is 6.04 Å². The zero-order valence-corrected chi connectivity index (χ0v) is 16.5. The summed E-state index contributed by atoms with van der Waals surface area (Å²) in [7, 11) is -3.68. The summed E-state index contributed by atoms with van der Waals surface area (Å²) in [6, 6.07) is -0.513. The highest BCUT2D eigenvalue weighted by Gasteiger charge is 2.33. The van der Waals surface area contributed by atoms with Gasteiger partial charge in [-0.1, -0.05) is 18.5 Å². The molecule has 1 amide bonds. The van der Waals surface area contributed by atoms with Crippen LogP contribution < -0.4 is 5.73 Å². The second kappa shape index (κ2) is 8.98. The van der Waals surface area contributed by atoms with Gasteiger partial charge in [-0.3, -0.25) is 4.79 Å². The predicted molar refractivity (Wildman–Crippen MR) is 96.1 cm³/mol. The first kappa shape index (κ1) is 21.9. The Morgan fingerprint density at radius 3 is 2.52 bits per heavy atom. The Labute approximate surface area is 155 Å². The molecule has 0 radical (unpaired) electrons. The van der Waals surface area contributed by atoms with Crippen LogP contribution in [0.2, 0.25) is 0 Å². The second-order valence-electron chi connectivity index (χ2n) is 6.13. The normalized spacial score (nSPS) is 17.7. The number of carbonyl (C=O) groups excluding carboxylic acids is 1. The van der Waals surface area contributed by atoms with Gasteiger partial charge >= 0.3 is 0 Å². The van der Waals surface area contributed by atoms with E-state index in [-0.39, 0.29) is 35.5 Å². The van der Waals surface area contributed by atoms with Crippen LogP contribution >= 0.6 is 12.4 Å². The second-order valence-corrected chi connectivity index (χ2v) is 8.01. The molecule has 144 valence electrons. The van der Waals surface area contributed by atoms with Crippen molar-refractivity contribution in [1.82, 2.24) is 14.4 Å². The molecule has 1 fully saturated rings. The lowest BCUT2D eigenvalue weighted by molar-refractivity contribution is -0.132. The maximum Gasteiger partial charge on any atom is 0.248 e. The molecule has 25 heavy (non-hydrogen) atoms. The molecule has 0 bridgehead atoms. The van der Waals surface area contributed by atoms with Crippen LogP contribution in [0.25, 0.3) is 0 Å². The molecule has 10 heteroatoms. The van der Waals surface area contributed by atoms with Gasteiger partial charge in [0.1, 0.15) is 10.6 Å². The Morgan fingerprint density at radius 1 is 1.28 bits per heavy atom. The Balaban J connectivity index is 0.00000312. The maximum absolute atomic E-state index is 12.9. The van der Waals surface area contributed by atoms with Crippen LogP contribution in [0.15, 0.2) is 9.42 Å². The molecule has 1 saturated heterocycles. The van der Waals surface area contributed by atoms with Gasteiger partial charge in [0.25, 0.3) is 0 Å². The van der Waals surface area contributed by atoms with E-state index in [4.69, 9.17) is 10.3 Å². The molecule has 1 unspecified atom stereocenters. The lowest BCUT2D eigenvalue weighted by Crippen LogP contribution is -2.45. The van der Waals surface area contributed by atoms with Crippen molar-refractivity contribution in [2.45, 2.75) is 51.0 Å². The number of nitrogens with two attached hydrogens (primary N) is 1. The Hall–Kier alpha value is -1.16. The zero-order valence-electron chi connectivity index (χ0n) is 14.9. The molecule has 2 N–H and O–H groups in total. The first-order valence-electron chi connectivity index (χ1n) is 8.26. The van der Waals surface area contributed by atoms with Gasteiger partial charge in [-0.2, -0.15) is 4.31 Å². The van der Waals surface area contributed by atoms with E-state index in [9.17, 15) is 13.2 Å². The number of rotatable bonds is 5. The van der Waals surface area contributed by atoms with Gasteiger partial charge in [0.15, 0.2) is 5.76 Å². The molecule has 0 saturated carbocycles. The molecule has 1 aliphatic rings. The predicted octanol–water partition coefficient (Wildman–Crippen LogP) is 1.06. The van der Waals surface area contributed by atoms with E-state index in [0.717, 1.165) is 6.42 Å². The number of hydrogen-bond acceptors (Lipinski definition) is 6. The highest BCUT2D eigenvalue weighted by Crippen LogP contribution is 2.24. The van der Waals surface area contributed by atoms with Crippen molar-refractivity contribution in [2.24, 2.45) is 5.73 Å². The smallest absolute Gasteiger partial charge is 0.248 e. The van der Waals surface area contributed by atoms with E-state index in [2.05, 4.69) is 5.16 Å². The number of halogens is 1. The van der Waals surface area contributed by atoms with Crippen molar-refractivity contribution in [3.63, 3.8) is 0 Å². The minimum Gasteiger partial charge on any atom is -0.360 e. The molecule has 1 aromatic heterocycles. The van der Waals surface area contributed by atoms with Crippen LogP contribution in [0, 0.1) is 13.8 Å². The standard InChI is InChI=1S/C15H26N4O4S.ClH/c1-4-6-13(16)15(20)18-7-5-8-19(10-9-18)24(21,22)14-11(2)17-23-12(14)3;/h13H,4-10,16H2,1-3H3;1H. The van der Waals surface area contributed by atoms with Gasteiger partial charge in [0.2, 0.25) is 15.9 Å². The van der Waals surface area contributed by atoms with Crippen LogP contribution in [0.4, 0.5) is 0 Å². The van der Waals surface area contributed by atoms with E-state index < -0.39 is 16.1 Å². The first-order chi connectivity index (χ1) is 11.3. The fraction of sp³-hybridized carbons (Fsp3) is 0.733. The van der Waals surface area contributed by atoms with Gasteiger partial charge in [-0.05, 0) is 26.7 Å². The van der Waals surface area contributed by atoms with Gasteiger partial charge in [-0.25, -0.2) is 8.42 Å². The fourth-order valence-corrected chi connectivity index (χ4v) is 4.76. The van der Waals surface area contributed by atoms with Gasteiger partial charge in [0, 0.05) is 26.2 Å². The lowest BCUT2D eigenvalue weighted by Gasteiger charge is -2.24. The first-order valence-corrected chi connectivity index (χ1v) is 9.70. The minimum atomic E-state index is -3.68. The molecule has 0 aromatic carbocycles. The number of carbonyl (C=O) groups is 1. The van der Waals surface area contributed by atoms with E-state index in [1.54, 1.807) is 18.7 Å². The van der Waals surface area contributed by atoms with Crippen molar-refractivity contribution in [3.05, 3.63) is 11.5 Å². The third-order valence-electron chi connectivity index (χ3n) is 4.25. The van der Waals surface area contributed by atoms with E-state index >= 15 is 0 Å². The summed E-state index contributed by atoms with van der Waals surface area (Å²) in [6.07, 6.45) is 2.05. The van der Waals surface area contributed by atoms with Crippen LogP contribution in [-0.4, -0.2) is 60.9 Å². The van der Waals surface area contributed by atoms with E-state index in [0.29, 0.717) is 38.2 Å². The molecular weight excluding hydrogens is 368 g/mol. The molecule has 1 aromatic rings. The van der Waals surface area contributed by atoms with Crippen molar-refractivity contribution >= 4 is 28.3 Å². The Morgan fingerprint density at radius 2 is 1.96 bits per heavy atom. The maximum atomic E-state index is 12.9. The number of amides is 1. The average Bonchev–Trinajstić information content (AvgIpc) is 2.75. The highest BCUT2D eigenvalue weighted by molar-refractivity contribution is 7.89. The third-order valence-corrected chi connectivity index (χ3v) is 6.39. The number of aromatic nitrogens is 1. The number of nitrogens with zero attached hydrogens (tertiary/aromatic N) is 3. The van der Waals surface area contributed by atoms with Crippen molar-refractivity contribution in [3.8, 4) is 0 Å². The zero-order chi connectivity index (χ0) is 17.9. The highest BCUT2D eigenvalue weighted by atomic mass is 35.5. The number of hydrogen-bond donors (Lipinski definition) is 1. The summed E-state index contributed by atoms with van der Waals surface area (Å²) < 4.78 is 32.1. The monoisotopic (exact) mass is 394 g/mol. The molecule has 0 spiro atoms. The summed E-state index contributed by atoms with van der Waals surface area (Å²) in [5.74, 6) is 0.183. The fourth-order valence-electron chi connectivity index (χ4n) is 3.00. The molecule has 1 aliphatic heterocycles. The van der Waals surface area contributed by atoms with Crippen molar-refractivity contribution in [2.75, 3.05) is 26.2 Å². The molecule has 1 atom stereocenters. The summed E-state index contributed by atoms with van der Waals surface area (Å²) in [6.45, 7) is 6.65. The van der Waals surface area contributed by atoms with Crippen LogP contribution in [0.3, 0.4) is 0 Å². The topological polar surface area (TPSA) is 110 Å². The van der Waals surface area contributed by atoms with Crippen molar-refractivity contribution in [1.29, 1.82) is 0 Å². The van der Waals surface area contributed by atoms with E-state index in [1.807, 2.05) is 6.92 Å². The van der Waals surface area contributed by atoms with Gasteiger partial charge in [-0.15, -0.1) is 12.4 Å². The molecule has 8 nitrogen and oxygen atoms in total. The Bertz CT molecular complexity index is 672. The summed E-state index contributed by atoms with van der Waals surface area (Å²) in [4.78, 5) is 14.1. The van der Waals surface area contributed by atoms with Gasteiger partial charge < -0.3 is 15.2 Å². The number of aryl methyl sites for hydroxylation is 2. The van der Waals surface area contributed by atoms with Crippen LogP contribution in [0.5, 0.6) is 0 Å². The summed E-state index contributed by atoms with van der Waals surface area (Å²) in [5, 5.41) is 3.73. The third kappa shape index (κ3) is 4.72. The van der Waals surface area contributed by atoms with Crippen LogP contribution in [-0.2, 0) is 14.8 Å². The average molecular weight is 395 g/mol. The minimum absolute atomic E-state index is 0. The van der Waals surface area contributed by atoms with Crippen LogP contribution in [0.1, 0.15) is 37.6 Å². The van der Waals surface area contributed by atoms with Crippen molar-refractivity contribution < 1.29 is 17.7 Å². The number of sulfonamides is 1. The summed E-state index contributed by atoms with van der Waals surface area (Å²) in [5.41, 5.74) is 6.26. The molecule has 2 rings (SSSR count). The summed E-state index contributed by atoms with van der Waals surface area (Å²) >= 11 is 0.